The quantitative estimate of drug-likeness (QED) is 0.107. The van der Waals surface area contributed by atoms with Crippen LogP contribution in [-0.4, -0.2) is 22.3 Å². The molecule has 0 radical (unpaired) electrons. The van der Waals surface area contributed by atoms with Gasteiger partial charge in [-0.1, -0.05) is 329 Å². The van der Waals surface area contributed by atoms with Crippen LogP contribution in [0.25, 0.3) is 159 Å². The summed E-state index contributed by atoms with van der Waals surface area (Å²) in [5.41, 5.74) is 39.4. The van der Waals surface area contributed by atoms with Crippen LogP contribution >= 0.6 is 0 Å². The fourth-order valence-electron chi connectivity index (χ4n) is 24.2. The summed E-state index contributed by atoms with van der Waals surface area (Å²) in [4.78, 5) is 0. The van der Waals surface area contributed by atoms with Crippen molar-refractivity contribution in [2.24, 2.45) is 47.1 Å². The molecule has 0 amide bonds. The van der Waals surface area contributed by atoms with E-state index in [1.54, 1.807) is 0 Å². The average molecular weight is 1780 g/mol. The fraction of sp³-hybridized carbons (Fsp3) is 0.304. The van der Waals surface area contributed by atoms with Crippen LogP contribution < -0.4 is 22.5 Å². The van der Waals surface area contributed by atoms with Gasteiger partial charge in [0.2, 0.25) is 0 Å². The van der Waals surface area contributed by atoms with Crippen molar-refractivity contribution in [3.63, 3.8) is 0 Å². The number of fused-ring (bicyclic) bond motifs is 24. The van der Waals surface area contributed by atoms with Crippen LogP contribution in [-0.2, 0) is 69.7 Å². The summed E-state index contributed by atoms with van der Waals surface area (Å²) < 4.78 is 24.1. The van der Waals surface area contributed by atoms with Gasteiger partial charge >= 0.3 is 0 Å². The molecule has 0 fully saturated rings. The number of para-hydroxylation sites is 5. The molecule has 0 unspecified atom stereocenters. The second-order valence-electron chi connectivity index (χ2n) is 43.2. The van der Waals surface area contributed by atoms with Crippen molar-refractivity contribution < 1.29 is 22.5 Å². The Kier molecular flexibility index (Phi) is 21.7. The summed E-state index contributed by atoms with van der Waals surface area (Å²) in [7, 11) is 10.9. The number of hydrogen-bond donors (Lipinski definition) is 0. The molecule has 2 aliphatic rings. The third-order valence-electron chi connectivity index (χ3n) is 32.3. The molecule has 0 bridgehead atoms. The molecule has 12 heterocycles. The lowest BCUT2D eigenvalue weighted by Crippen LogP contribution is -2.51. The molecule has 0 spiro atoms. The van der Waals surface area contributed by atoms with Crippen LogP contribution in [0.1, 0.15) is 207 Å². The Bertz CT molecular complexity index is 8650. The number of benzene rings is 12. The average Bonchev–Trinajstić information content (AvgIpc) is 1.64. The highest BCUT2D eigenvalue weighted by molar-refractivity contribution is 6.17. The molecule has 0 saturated carbocycles. The Labute approximate surface area is 796 Å². The molecule has 24 rings (SSSR count). The zero-order valence-electron chi connectivity index (χ0n) is 85.0. The van der Waals surface area contributed by atoms with Gasteiger partial charge in [-0.15, -0.1) is 0 Å². The summed E-state index contributed by atoms with van der Waals surface area (Å²) in [6, 6.07) is 87.2. The predicted octanol–water partition coefficient (Wildman–Crippen LogP) is 28.6. The van der Waals surface area contributed by atoms with Gasteiger partial charge in [0, 0.05) is 112 Å². The maximum Gasteiger partial charge on any atom is 0.295 e. The van der Waals surface area contributed by atoms with Crippen molar-refractivity contribution in [3.8, 4) is 22.5 Å². The summed E-state index contributed by atoms with van der Waals surface area (Å²) in [6.07, 6.45) is 11.4. The van der Waals surface area contributed by atoms with Crippen LogP contribution in [0.3, 0.4) is 0 Å². The first kappa shape index (κ1) is 89.6. The van der Waals surface area contributed by atoms with E-state index in [1.165, 1.54) is 243 Å². The van der Waals surface area contributed by atoms with Gasteiger partial charge < -0.3 is 0 Å². The predicted molar refractivity (Wildman–Crippen MR) is 569 cm³/mol. The molecule has 0 atom stereocenters. The van der Waals surface area contributed by atoms with E-state index in [1.807, 2.05) is 0 Å². The molecule has 10 heteroatoms. The Morgan fingerprint density at radius 2 is 0.681 bits per heavy atom. The molecule has 0 N–H and O–H groups in total. The normalized spacial score (nSPS) is 14.2. The third kappa shape index (κ3) is 13.4. The molecule has 10 nitrogen and oxygen atoms in total. The van der Waals surface area contributed by atoms with Crippen molar-refractivity contribution >= 4 is 137 Å². The van der Waals surface area contributed by atoms with Crippen LogP contribution in [0.15, 0.2) is 261 Å². The second-order valence-corrected chi connectivity index (χ2v) is 43.2. The topological polar surface area (TPSA) is 42.9 Å². The van der Waals surface area contributed by atoms with Crippen molar-refractivity contribution in [2.75, 3.05) is 0 Å². The smallest absolute Gasteiger partial charge is 0.232 e. The van der Waals surface area contributed by atoms with Crippen molar-refractivity contribution in [2.45, 2.75) is 206 Å². The van der Waals surface area contributed by atoms with Gasteiger partial charge in [0.1, 0.15) is 63.8 Å². The standard InChI is InChI=1S/C31H35N2.C29H31N2.C24H27N2.C23H25N2.C18H17N2/c1-20(2)17-23-12-10-13-24(18-21(3)4)30(23)28-19-32(6)31-29-22(5)11-9-15-26(29)25-14-7-8-16-27(25)33(28)31;1-18(2)21-13-10-14-22(19(3)4)28(21)26-17-30(6)29-27-20(5)11-9-15-24(27)23-12-7-8-16-25(23)31(26)29;1-14-10-8-11-16-17-12-9-13-18-20(17)26-21(24(5,6)23(18,3)4)15(2)25(7)22(26)19(14)16;1-14-9-7-10-15-16-11-8-12-17-20(16)25-18(23(4,5)22(17,2)3)13-24(6)21(25)19(14)15;1-12-7-6-9-15-14-8-4-5-10-16(14)20-11-13(2)19(3)18(20)17(12)15/h7-16,19-21H,17-18H2,1-6H3;7-19H,1-6H3;8-13H,1-7H3;7-13H,1-6H3;4-11H,1-3H3/q5*+1. The lowest BCUT2D eigenvalue weighted by atomic mass is 9.60. The lowest BCUT2D eigenvalue weighted by Gasteiger charge is -2.43. The Balaban J connectivity index is 0.000000105. The molecule has 2 aliphatic heterocycles. The van der Waals surface area contributed by atoms with Gasteiger partial charge in [0.15, 0.2) is 22.8 Å². The first-order valence-electron chi connectivity index (χ1n) is 49.3. The van der Waals surface area contributed by atoms with E-state index in [2.05, 4.69) is 501 Å². The Morgan fingerprint density at radius 3 is 1.18 bits per heavy atom. The minimum atomic E-state index is 0.0406. The van der Waals surface area contributed by atoms with Gasteiger partial charge in [-0.2, -0.15) is 22.0 Å². The molecule has 135 heavy (non-hydrogen) atoms. The van der Waals surface area contributed by atoms with Crippen molar-refractivity contribution in [1.29, 1.82) is 0 Å². The van der Waals surface area contributed by atoms with Crippen LogP contribution in [0.5, 0.6) is 0 Å². The molecule has 22 aromatic rings. The van der Waals surface area contributed by atoms with E-state index in [-0.39, 0.29) is 21.7 Å². The first-order valence-corrected chi connectivity index (χ1v) is 49.3. The highest BCUT2D eigenvalue weighted by atomic mass is 15.2. The van der Waals surface area contributed by atoms with Crippen molar-refractivity contribution in [3.05, 3.63) is 345 Å². The molecule has 680 valence electrons. The van der Waals surface area contributed by atoms with Crippen molar-refractivity contribution in [1.82, 2.24) is 22.3 Å². The second kappa shape index (κ2) is 32.8. The zero-order valence-corrected chi connectivity index (χ0v) is 85.0. The molecule has 10 aromatic heterocycles. The number of rotatable bonds is 8. The van der Waals surface area contributed by atoms with Crippen LogP contribution in [0.2, 0.25) is 0 Å². The monoisotopic (exact) mass is 1780 g/mol. The van der Waals surface area contributed by atoms with E-state index in [9.17, 15) is 0 Å². The molecule has 12 aromatic carbocycles. The van der Waals surface area contributed by atoms with Gasteiger partial charge in [-0.25, -0.2) is 22.8 Å². The Morgan fingerprint density at radius 1 is 0.311 bits per heavy atom. The third-order valence-corrected chi connectivity index (χ3v) is 32.3. The van der Waals surface area contributed by atoms with E-state index in [0.29, 0.717) is 23.7 Å². The summed E-state index contributed by atoms with van der Waals surface area (Å²) in [5.74, 6) is 2.13. The maximum atomic E-state index is 2.57. The van der Waals surface area contributed by atoms with Gasteiger partial charge in [-0.3, -0.25) is 0 Å². The highest BCUT2D eigenvalue weighted by Gasteiger charge is 2.53. The number of imidazole rings is 5. The summed E-state index contributed by atoms with van der Waals surface area (Å²) in [5, 5.41) is 20.2. The SMILES string of the molecule is Cc1cccc2c3cccc4c3[n+]3c(c(C)n(C)c3c12)C(C)(C)C4(C)C.Cc1cccc2c3cccc4c3n3c(c[n+](C)c3c12)C(C)(C)C4(C)C.Cc1cccc2c3ccccc3[n+]3cc(C)n(C)c3c12.Cc1cccc2c3ccccc3n3c(-c4c(C(C)C)cccc4C(C)C)c[n+](C)c3c12.Cc1cccc2c3ccccc3n3c(-c4c(CC(C)C)cccc4CC(C)C)c[n+](C)c3c12. The molecular weight excluding hydrogens is 1640 g/mol. The molecular formula is C125H135N10+5. The number of aromatic nitrogens is 10. The lowest BCUT2D eigenvalue weighted by molar-refractivity contribution is -0.643. The summed E-state index contributed by atoms with van der Waals surface area (Å²) in [6.45, 7) is 53.2. The largest absolute Gasteiger partial charge is 0.295 e. The Hall–Kier alpha value is -13.3. The zero-order chi connectivity index (χ0) is 95.3. The number of nitrogens with zero attached hydrogens (tertiary/aromatic N) is 10. The highest BCUT2D eigenvalue weighted by Crippen LogP contribution is 2.54. The van der Waals surface area contributed by atoms with Crippen LogP contribution in [0.4, 0.5) is 0 Å². The number of hydrogen-bond acceptors (Lipinski definition) is 0. The van der Waals surface area contributed by atoms with E-state index < -0.39 is 0 Å². The van der Waals surface area contributed by atoms with E-state index in [0.717, 1.165) is 12.8 Å². The number of aryl methyl sites for hydroxylation is 11. The minimum Gasteiger partial charge on any atom is -0.232 e. The molecule has 0 saturated heterocycles. The maximum absolute atomic E-state index is 2.57. The van der Waals surface area contributed by atoms with Crippen LogP contribution in [0, 0.1) is 60.3 Å². The summed E-state index contributed by atoms with van der Waals surface area (Å²) >= 11 is 0. The number of pyridine rings is 5. The fourth-order valence-corrected chi connectivity index (χ4v) is 24.2. The minimum absolute atomic E-state index is 0.0406. The first-order chi connectivity index (χ1) is 64.4. The van der Waals surface area contributed by atoms with E-state index in [4.69, 9.17) is 0 Å². The van der Waals surface area contributed by atoms with Gasteiger partial charge in [0.05, 0.1) is 62.2 Å². The molecule has 0 aliphatic carbocycles. The van der Waals surface area contributed by atoms with Gasteiger partial charge in [0.25, 0.3) is 28.2 Å². The van der Waals surface area contributed by atoms with E-state index >= 15 is 0 Å². The van der Waals surface area contributed by atoms with Gasteiger partial charge in [-0.05, 0) is 139 Å².